The minimum Gasteiger partial charge on any atom is -0.454 e. The summed E-state index contributed by atoms with van der Waals surface area (Å²) in [4.78, 5) is 29.4. The van der Waals surface area contributed by atoms with E-state index in [1.54, 1.807) is 31.3 Å². The van der Waals surface area contributed by atoms with Crippen molar-refractivity contribution in [1.29, 1.82) is 0 Å². The summed E-state index contributed by atoms with van der Waals surface area (Å²) < 4.78 is 11.0. The van der Waals surface area contributed by atoms with Gasteiger partial charge in [-0.15, -0.1) is 0 Å². The molecule has 9 nitrogen and oxygen atoms in total. The third kappa shape index (κ3) is 3.03. The molecule has 2 aromatic carbocycles. The maximum absolute atomic E-state index is 13.3. The van der Waals surface area contributed by atoms with E-state index < -0.39 is 18.0 Å². The number of aromatic nitrogens is 2. The van der Waals surface area contributed by atoms with Crippen molar-refractivity contribution < 1.29 is 19.1 Å². The van der Waals surface area contributed by atoms with Crippen LogP contribution in [0.1, 0.15) is 18.5 Å². The molecule has 2 atom stereocenters. The predicted molar refractivity (Wildman–Crippen MR) is 110 cm³/mol. The number of carbonyl (C=O) groups excluding carboxylic acids is 2. The number of aliphatic imine (C=N–C) groups is 1. The van der Waals surface area contributed by atoms with Gasteiger partial charge < -0.3 is 20.1 Å². The highest BCUT2D eigenvalue weighted by Crippen LogP contribution is 2.45. The fraction of sp³-hybridized carbons (Fsp3) is 0.200. The molecule has 3 amide bonds. The van der Waals surface area contributed by atoms with Gasteiger partial charge in [-0.25, -0.2) is 9.79 Å². The molecule has 0 saturated heterocycles. The van der Waals surface area contributed by atoms with Gasteiger partial charge in [-0.1, -0.05) is 11.6 Å². The number of ether oxygens (including phenoxy) is 2. The van der Waals surface area contributed by atoms with Crippen molar-refractivity contribution in [2.75, 3.05) is 12.1 Å². The summed E-state index contributed by atoms with van der Waals surface area (Å²) in [5.41, 5.74) is 2.32. The second kappa shape index (κ2) is 7.03. The molecule has 3 heterocycles. The SMILES string of the molecule is CC1=NC(=O)NC(c2c(Cl)ccc3c2OCO3)C1C(=O)Nc1ccc2[nH]ncc2c1. The average Bonchev–Trinajstić information content (AvgIpc) is 3.35. The van der Waals surface area contributed by atoms with Crippen molar-refractivity contribution in [3.63, 3.8) is 0 Å². The van der Waals surface area contributed by atoms with Crippen molar-refractivity contribution in [2.45, 2.75) is 13.0 Å². The number of hydrogen-bond donors (Lipinski definition) is 3. The van der Waals surface area contributed by atoms with Crippen LogP contribution < -0.4 is 20.1 Å². The number of nitrogens with one attached hydrogen (secondary N) is 3. The summed E-state index contributed by atoms with van der Waals surface area (Å²) in [7, 11) is 0. The van der Waals surface area contributed by atoms with E-state index >= 15 is 0 Å². The van der Waals surface area contributed by atoms with Crippen molar-refractivity contribution in [3.8, 4) is 11.5 Å². The summed E-state index contributed by atoms with van der Waals surface area (Å²) >= 11 is 6.45. The van der Waals surface area contributed by atoms with Gasteiger partial charge in [-0.05, 0) is 37.3 Å². The van der Waals surface area contributed by atoms with Crippen LogP contribution in [0.2, 0.25) is 5.02 Å². The number of urea groups is 1. The lowest BCUT2D eigenvalue weighted by Crippen LogP contribution is -2.45. The Hall–Kier alpha value is -3.59. The van der Waals surface area contributed by atoms with Crippen LogP contribution in [0.15, 0.2) is 41.5 Å². The van der Waals surface area contributed by atoms with Crippen molar-refractivity contribution >= 4 is 45.8 Å². The number of aromatic amines is 1. The number of anilines is 1. The normalized spacial score (nSPS) is 20.1. The molecule has 0 bridgehead atoms. The minimum atomic E-state index is -0.795. The number of halogens is 1. The monoisotopic (exact) mass is 425 g/mol. The third-order valence-electron chi connectivity index (χ3n) is 5.17. The summed E-state index contributed by atoms with van der Waals surface area (Å²) in [5, 5.41) is 13.7. The van der Waals surface area contributed by atoms with Gasteiger partial charge in [0.25, 0.3) is 0 Å². The van der Waals surface area contributed by atoms with Gasteiger partial charge in [0.1, 0.15) is 5.92 Å². The van der Waals surface area contributed by atoms with Gasteiger partial charge in [0.05, 0.1) is 17.8 Å². The van der Waals surface area contributed by atoms with Gasteiger partial charge in [-0.3, -0.25) is 9.89 Å². The first-order chi connectivity index (χ1) is 14.5. The van der Waals surface area contributed by atoms with Crippen LogP contribution in [-0.2, 0) is 4.79 Å². The fourth-order valence-corrected chi connectivity index (χ4v) is 4.07. The van der Waals surface area contributed by atoms with E-state index in [0.717, 1.165) is 10.9 Å². The Balaban J connectivity index is 1.53. The zero-order chi connectivity index (χ0) is 20.8. The van der Waals surface area contributed by atoms with E-state index in [-0.39, 0.29) is 12.7 Å². The van der Waals surface area contributed by atoms with E-state index in [2.05, 4.69) is 25.8 Å². The minimum absolute atomic E-state index is 0.0397. The summed E-state index contributed by atoms with van der Waals surface area (Å²) in [6, 6.07) is 7.43. The quantitative estimate of drug-likeness (QED) is 0.594. The summed E-state index contributed by atoms with van der Waals surface area (Å²) in [6.45, 7) is 1.68. The van der Waals surface area contributed by atoms with Gasteiger partial charge in [0.2, 0.25) is 12.7 Å². The van der Waals surface area contributed by atoms with Crippen LogP contribution in [-0.4, -0.2) is 34.6 Å². The number of benzene rings is 2. The number of H-pyrrole nitrogens is 1. The second-order valence-electron chi connectivity index (χ2n) is 7.01. The highest BCUT2D eigenvalue weighted by Gasteiger charge is 2.41. The molecule has 0 spiro atoms. The molecule has 2 unspecified atom stereocenters. The zero-order valence-corrected chi connectivity index (χ0v) is 16.5. The molecular weight excluding hydrogens is 410 g/mol. The number of fused-ring (bicyclic) bond motifs is 2. The van der Waals surface area contributed by atoms with E-state index in [0.29, 0.717) is 33.5 Å². The van der Waals surface area contributed by atoms with Crippen LogP contribution in [0.25, 0.3) is 10.9 Å². The number of carbonyl (C=O) groups is 2. The molecule has 10 heteroatoms. The molecule has 30 heavy (non-hydrogen) atoms. The molecule has 0 radical (unpaired) electrons. The standard InChI is InChI=1S/C20H16ClN5O4/c1-9-15(19(27)24-11-2-4-13-10(6-11)7-22-26-13)17(25-20(28)23-9)16-12(21)3-5-14-18(16)30-8-29-14/h2-7,15,17H,8H2,1H3,(H,22,26)(H,24,27)(H,25,28). The van der Waals surface area contributed by atoms with E-state index in [9.17, 15) is 9.59 Å². The Bertz CT molecular complexity index is 1220. The highest BCUT2D eigenvalue weighted by molar-refractivity contribution is 6.32. The second-order valence-corrected chi connectivity index (χ2v) is 7.42. The lowest BCUT2D eigenvalue weighted by molar-refractivity contribution is -0.118. The molecular formula is C20H16ClN5O4. The zero-order valence-electron chi connectivity index (χ0n) is 15.7. The Morgan fingerprint density at radius 3 is 3.00 bits per heavy atom. The van der Waals surface area contributed by atoms with Gasteiger partial charge in [0, 0.05) is 27.4 Å². The smallest absolute Gasteiger partial charge is 0.341 e. The summed E-state index contributed by atoms with van der Waals surface area (Å²) in [5.74, 6) is -0.207. The van der Waals surface area contributed by atoms with E-state index in [1.807, 2.05) is 12.1 Å². The van der Waals surface area contributed by atoms with Crippen molar-refractivity contribution in [3.05, 3.63) is 47.1 Å². The molecule has 5 rings (SSSR count). The number of hydrogen-bond acceptors (Lipinski definition) is 5. The Morgan fingerprint density at radius 2 is 2.13 bits per heavy atom. The molecule has 2 aliphatic heterocycles. The molecule has 0 saturated carbocycles. The fourth-order valence-electron chi connectivity index (χ4n) is 3.80. The van der Waals surface area contributed by atoms with Crippen molar-refractivity contribution in [2.24, 2.45) is 10.9 Å². The van der Waals surface area contributed by atoms with Crippen LogP contribution in [0.3, 0.4) is 0 Å². The van der Waals surface area contributed by atoms with Crippen LogP contribution in [0.4, 0.5) is 10.5 Å². The summed E-state index contributed by atoms with van der Waals surface area (Å²) in [6.07, 6.45) is 1.67. The van der Waals surface area contributed by atoms with E-state index in [4.69, 9.17) is 21.1 Å². The van der Waals surface area contributed by atoms with Gasteiger partial charge >= 0.3 is 6.03 Å². The Labute approximate surface area is 175 Å². The Morgan fingerprint density at radius 1 is 1.27 bits per heavy atom. The van der Waals surface area contributed by atoms with Crippen molar-refractivity contribution in [1.82, 2.24) is 15.5 Å². The maximum atomic E-state index is 13.3. The molecule has 2 aliphatic rings. The first-order valence-corrected chi connectivity index (χ1v) is 9.57. The first-order valence-electron chi connectivity index (χ1n) is 9.19. The number of rotatable bonds is 3. The van der Waals surface area contributed by atoms with Crippen LogP contribution in [0.5, 0.6) is 11.5 Å². The topological polar surface area (TPSA) is 118 Å². The highest BCUT2D eigenvalue weighted by atomic mass is 35.5. The Kier molecular flexibility index (Phi) is 4.32. The molecule has 0 fully saturated rings. The van der Waals surface area contributed by atoms with Gasteiger partial charge in [-0.2, -0.15) is 5.10 Å². The third-order valence-corrected chi connectivity index (χ3v) is 5.50. The molecule has 152 valence electrons. The molecule has 3 N–H and O–H groups in total. The van der Waals surface area contributed by atoms with Crippen LogP contribution in [0, 0.1) is 5.92 Å². The largest absolute Gasteiger partial charge is 0.454 e. The number of nitrogens with zero attached hydrogens (tertiary/aromatic N) is 2. The van der Waals surface area contributed by atoms with Gasteiger partial charge in [0.15, 0.2) is 11.5 Å². The van der Waals surface area contributed by atoms with E-state index in [1.165, 1.54) is 0 Å². The molecule has 3 aromatic rings. The molecule has 0 aliphatic carbocycles. The predicted octanol–water partition coefficient (Wildman–Crippen LogP) is 3.43. The average molecular weight is 426 g/mol. The lowest BCUT2D eigenvalue weighted by atomic mass is 9.86. The number of amides is 3. The lowest BCUT2D eigenvalue weighted by Gasteiger charge is -2.31. The van der Waals surface area contributed by atoms with Crippen LogP contribution >= 0.6 is 11.6 Å². The maximum Gasteiger partial charge on any atom is 0.341 e. The molecule has 1 aromatic heterocycles. The first kappa shape index (κ1) is 18.4.